The minimum Gasteiger partial charge on any atom is -0.444 e. The number of halogens is 1. The number of fused-ring (bicyclic) bond motifs is 1. The number of carbonyl (C=O) groups is 6. The van der Waals surface area contributed by atoms with Crippen molar-refractivity contribution in [3.8, 4) is 0 Å². The first kappa shape index (κ1) is 43.4. The van der Waals surface area contributed by atoms with Gasteiger partial charge in [0, 0.05) is 37.4 Å². The zero-order chi connectivity index (χ0) is 40.4. The van der Waals surface area contributed by atoms with E-state index >= 15 is 0 Å². The van der Waals surface area contributed by atoms with Gasteiger partial charge in [0.05, 0.1) is 18.3 Å². The molecular formula is C36H51FN6O10S. The summed E-state index contributed by atoms with van der Waals surface area (Å²) < 4.78 is 49.0. The lowest BCUT2D eigenvalue weighted by atomic mass is 10.1. The Bertz CT molecular complexity index is 1720. The van der Waals surface area contributed by atoms with Crippen molar-refractivity contribution in [1.82, 2.24) is 19.8 Å². The van der Waals surface area contributed by atoms with Gasteiger partial charge in [0.1, 0.15) is 23.6 Å². The molecule has 6 amide bonds. The molecule has 16 nitrogen and oxygen atoms in total. The molecule has 2 aliphatic carbocycles. The Balaban J connectivity index is 0.000000278. The summed E-state index contributed by atoms with van der Waals surface area (Å²) in [6.07, 6.45) is 4.25. The minimum atomic E-state index is -3.36. The average Bonchev–Trinajstić information content (AvgIpc) is 4.02. The highest BCUT2D eigenvalue weighted by Crippen LogP contribution is 2.40. The molecule has 4 aliphatic rings. The van der Waals surface area contributed by atoms with Crippen molar-refractivity contribution in [2.75, 3.05) is 13.1 Å². The van der Waals surface area contributed by atoms with E-state index in [1.165, 1.54) is 15.9 Å². The molecule has 0 radical (unpaired) electrons. The zero-order valence-corrected chi connectivity index (χ0v) is 31.7. The van der Waals surface area contributed by atoms with Crippen LogP contribution in [0, 0.1) is 17.7 Å². The third-order valence-electron chi connectivity index (χ3n) is 9.33. The van der Waals surface area contributed by atoms with E-state index < -0.39 is 45.9 Å². The van der Waals surface area contributed by atoms with E-state index in [0.29, 0.717) is 24.8 Å². The fraction of sp³-hybridized carbons (Fsp3) is 0.556. The number of likely N-dealkylation sites (tertiary alicyclic amines) is 1. The second-order valence-electron chi connectivity index (χ2n) is 14.0. The van der Waals surface area contributed by atoms with Gasteiger partial charge in [-0.1, -0.05) is 31.7 Å². The topological polar surface area (TPSA) is 238 Å². The number of carbonyl (C=O) groups excluding carboxylic acids is 6. The Kier molecular flexibility index (Phi) is 15.2. The second-order valence-corrected chi connectivity index (χ2v) is 16.0. The monoisotopic (exact) mass is 778 g/mol. The first-order valence-electron chi connectivity index (χ1n) is 17.7. The van der Waals surface area contributed by atoms with Gasteiger partial charge in [-0.2, -0.15) is 0 Å². The molecule has 1 unspecified atom stereocenters. The number of amides is 6. The van der Waals surface area contributed by atoms with Crippen molar-refractivity contribution in [2.45, 2.75) is 102 Å². The second kappa shape index (κ2) is 18.9. The Morgan fingerprint density at radius 3 is 2.28 bits per heavy atom. The highest BCUT2D eigenvalue weighted by Gasteiger charge is 2.45. The first-order chi connectivity index (χ1) is 25.3. The summed E-state index contributed by atoms with van der Waals surface area (Å²) in [7, 11) is -3.36. The Morgan fingerprint density at radius 1 is 1.07 bits per heavy atom. The van der Waals surface area contributed by atoms with E-state index in [2.05, 4.69) is 23.2 Å². The molecule has 1 aromatic carbocycles. The maximum Gasteiger partial charge on any atom is 0.410 e. The molecule has 3 fully saturated rings. The van der Waals surface area contributed by atoms with Crippen LogP contribution in [-0.4, -0.2) is 90.1 Å². The zero-order valence-electron chi connectivity index (χ0n) is 30.9. The molecule has 54 heavy (non-hydrogen) atoms. The van der Waals surface area contributed by atoms with Crippen molar-refractivity contribution in [2.24, 2.45) is 23.3 Å². The minimum absolute atomic E-state index is 0.0480. The van der Waals surface area contributed by atoms with Gasteiger partial charge < -0.3 is 31.2 Å². The molecule has 1 aromatic rings. The lowest BCUT2D eigenvalue weighted by molar-refractivity contribution is -0.137. The number of allylic oxidation sites excluding steroid dienone is 1. The van der Waals surface area contributed by atoms with Gasteiger partial charge in [-0.15, -0.1) is 6.58 Å². The molecule has 6 N–H and O–H groups in total. The molecule has 4 atom stereocenters. The summed E-state index contributed by atoms with van der Waals surface area (Å²) in [5.41, 5.74) is 11.0. The number of nitrogens with one attached hydrogen (secondary N) is 2. The summed E-state index contributed by atoms with van der Waals surface area (Å²) >= 11 is 0. The molecule has 298 valence electrons. The van der Waals surface area contributed by atoms with Gasteiger partial charge in [-0.3, -0.25) is 28.8 Å². The predicted molar refractivity (Wildman–Crippen MR) is 195 cm³/mol. The van der Waals surface area contributed by atoms with Crippen LogP contribution in [0.15, 0.2) is 43.5 Å². The van der Waals surface area contributed by atoms with Crippen LogP contribution in [-0.2, 0) is 51.8 Å². The first-order valence-corrected chi connectivity index (χ1v) is 19.2. The molecule has 5 rings (SSSR count). The summed E-state index contributed by atoms with van der Waals surface area (Å²) in [6.45, 7) is 13.2. The molecule has 0 aromatic heterocycles. The summed E-state index contributed by atoms with van der Waals surface area (Å²) in [5, 5.41) is 2.24. The molecule has 1 saturated heterocycles. The molecular weight excluding hydrogens is 727 g/mol. The highest BCUT2D eigenvalue weighted by molar-refractivity contribution is 7.90. The van der Waals surface area contributed by atoms with Crippen LogP contribution in [0.2, 0.25) is 0 Å². The molecule has 2 saturated carbocycles. The van der Waals surface area contributed by atoms with E-state index in [4.69, 9.17) is 20.9 Å². The number of primary amides is 2. The number of sulfonamides is 1. The van der Waals surface area contributed by atoms with Crippen LogP contribution in [0.5, 0.6) is 0 Å². The predicted octanol–water partition coefficient (Wildman–Crippen LogP) is 2.50. The van der Waals surface area contributed by atoms with Crippen LogP contribution < -0.4 is 21.5 Å². The molecule has 0 spiro atoms. The quantitative estimate of drug-likeness (QED) is 0.130. The standard InChI is InChI=1S/C21H25FN4O5.C9H13NO3S.C6H13NO2/c1-2-18(27)24-8-4-7-19(28)26-11-14(9-17(26)20(23)29)31-21(30)25-10-13-5-3-6-16(22)15(13)12-25;1-2-6-5-8(6)9(11)10-14(12,13)7-3-4-7;1-4-6(2,3)9-5(7)8/h2-3,5-6,14,17H,1,4,7-12H2,(H2,23,29)(H,24,27);2,6-8H,1,3-5H2,(H,10,11);4H2,1-3H3,(H2,7,8)/t14-,17+;6?,8-;/m10./s1. The van der Waals surface area contributed by atoms with E-state index in [-0.39, 0.29) is 79.6 Å². The number of rotatable bonds is 13. The van der Waals surface area contributed by atoms with Gasteiger partial charge in [0.15, 0.2) is 0 Å². The Morgan fingerprint density at radius 2 is 1.76 bits per heavy atom. The summed E-state index contributed by atoms with van der Waals surface area (Å²) in [4.78, 5) is 72.3. The van der Waals surface area contributed by atoms with Gasteiger partial charge in [-0.05, 0) is 69.6 Å². The fourth-order valence-electron chi connectivity index (χ4n) is 5.62. The third-order valence-corrected chi connectivity index (χ3v) is 11.2. The van der Waals surface area contributed by atoms with Crippen LogP contribution in [0.25, 0.3) is 0 Å². The number of nitrogens with zero attached hydrogens (tertiary/aromatic N) is 2. The summed E-state index contributed by atoms with van der Waals surface area (Å²) in [5.74, 6) is -2.05. The van der Waals surface area contributed by atoms with E-state index in [1.807, 2.05) is 20.8 Å². The van der Waals surface area contributed by atoms with Crippen molar-refractivity contribution in [3.05, 3.63) is 60.5 Å². The smallest absolute Gasteiger partial charge is 0.410 e. The number of nitrogens with two attached hydrogens (primary N) is 2. The van der Waals surface area contributed by atoms with E-state index in [9.17, 15) is 41.6 Å². The normalized spacial score (nSPS) is 21.1. The van der Waals surface area contributed by atoms with Crippen molar-refractivity contribution in [3.63, 3.8) is 0 Å². The molecule has 18 heteroatoms. The van der Waals surface area contributed by atoms with Crippen LogP contribution in [0.4, 0.5) is 14.0 Å². The van der Waals surface area contributed by atoms with Gasteiger partial charge >= 0.3 is 12.2 Å². The highest BCUT2D eigenvalue weighted by atomic mass is 32.2. The lowest BCUT2D eigenvalue weighted by Crippen LogP contribution is -2.43. The van der Waals surface area contributed by atoms with Gasteiger partial charge in [0.25, 0.3) is 0 Å². The maximum atomic E-state index is 13.9. The third kappa shape index (κ3) is 12.8. The number of hydrogen-bond donors (Lipinski definition) is 4. The Labute approximate surface area is 314 Å². The van der Waals surface area contributed by atoms with E-state index in [0.717, 1.165) is 24.5 Å². The van der Waals surface area contributed by atoms with Crippen molar-refractivity contribution < 1.29 is 51.0 Å². The van der Waals surface area contributed by atoms with Crippen LogP contribution in [0.1, 0.15) is 76.8 Å². The SMILES string of the molecule is C=CC(=O)NCCCC(=O)N1C[C@H](OC(=O)N2Cc3cccc(F)c3C2)C[C@H]1C(N)=O.C=CC1C[C@@H]1C(=O)NS(=O)(=O)C1CC1.CCC(C)(C)OC(N)=O. The largest absolute Gasteiger partial charge is 0.444 e. The summed E-state index contributed by atoms with van der Waals surface area (Å²) in [6, 6.07) is 3.81. The van der Waals surface area contributed by atoms with Crippen molar-refractivity contribution in [1.29, 1.82) is 0 Å². The Hall–Kier alpha value is -5.00. The van der Waals surface area contributed by atoms with Gasteiger partial charge in [0.2, 0.25) is 33.7 Å². The van der Waals surface area contributed by atoms with Crippen molar-refractivity contribution >= 4 is 45.8 Å². The molecule has 2 aliphatic heterocycles. The molecule has 0 bridgehead atoms. The number of ether oxygens (including phenoxy) is 2. The fourth-order valence-corrected chi connectivity index (χ4v) is 6.98. The van der Waals surface area contributed by atoms with Gasteiger partial charge in [-0.25, -0.2) is 22.4 Å². The van der Waals surface area contributed by atoms with E-state index in [1.54, 1.807) is 18.2 Å². The van der Waals surface area contributed by atoms with Crippen LogP contribution >= 0.6 is 0 Å². The average molecular weight is 779 g/mol. The number of benzene rings is 1. The lowest BCUT2D eigenvalue weighted by Gasteiger charge is -2.22. The maximum absolute atomic E-state index is 13.9. The van der Waals surface area contributed by atoms with Crippen LogP contribution in [0.3, 0.4) is 0 Å². The number of hydrogen-bond acceptors (Lipinski definition) is 10. The molecule has 2 heterocycles.